The average Bonchev–Trinajstić information content (AvgIpc) is 3.01. The number of ketones is 2. The average molecular weight is 472 g/mol. The minimum absolute atomic E-state index is 0.0270. The molecule has 5 N–H and O–H groups in total. The Morgan fingerprint density at radius 3 is 2.45 bits per heavy atom. The molecule has 0 spiro atoms. The zero-order valence-electron chi connectivity index (χ0n) is 18.7. The fraction of sp³-hybridized carbons (Fsp3) is 0.714. The molecule has 1 aliphatic carbocycles. The molecule has 0 radical (unpaired) electrons. The van der Waals surface area contributed by atoms with E-state index in [4.69, 9.17) is 14.2 Å². The molecule has 12 heteroatoms. The number of aliphatic hydroxyl groups excluding tert-OH is 3. The smallest absolute Gasteiger partial charge is 0.220 e. The SMILES string of the molecule is CC(=O)N[C@H]1C(OCCOCCNC(=O)CCC2=C(C)C(=O)CC2=O)O[C@H](CO)[C@H](O)[C@@H]1O. The van der Waals surface area contributed by atoms with Crippen LogP contribution in [0.1, 0.15) is 33.1 Å². The van der Waals surface area contributed by atoms with Gasteiger partial charge in [0.1, 0.15) is 24.4 Å². The van der Waals surface area contributed by atoms with E-state index < -0.39 is 43.2 Å². The molecule has 2 aliphatic rings. The summed E-state index contributed by atoms with van der Waals surface area (Å²) in [4.78, 5) is 46.5. The van der Waals surface area contributed by atoms with E-state index in [1.165, 1.54) is 6.92 Å². The molecule has 1 aliphatic heterocycles. The predicted octanol–water partition coefficient (Wildman–Crippen LogP) is -2.28. The second-order valence-electron chi connectivity index (χ2n) is 7.89. The lowest BCUT2D eigenvalue weighted by Crippen LogP contribution is -2.64. The Kier molecular flexibility index (Phi) is 10.5. The van der Waals surface area contributed by atoms with Crippen molar-refractivity contribution in [1.82, 2.24) is 10.6 Å². The molecule has 0 aromatic heterocycles. The van der Waals surface area contributed by atoms with E-state index >= 15 is 0 Å². The summed E-state index contributed by atoms with van der Waals surface area (Å²) < 4.78 is 16.3. The number of aliphatic hydroxyl groups is 3. The molecule has 33 heavy (non-hydrogen) atoms. The van der Waals surface area contributed by atoms with Gasteiger partial charge in [-0.3, -0.25) is 19.2 Å². The van der Waals surface area contributed by atoms with Crippen LogP contribution in [0.3, 0.4) is 0 Å². The van der Waals surface area contributed by atoms with Crippen LogP contribution in [0.5, 0.6) is 0 Å². The van der Waals surface area contributed by atoms with Crippen LogP contribution in [0.4, 0.5) is 0 Å². The number of rotatable bonds is 12. The molecule has 2 amide bonds. The van der Waals surface area contributed by atoms with E-state index in [1.54, 1.807) is 6.92 Å². The molecule has 5 atom stereocenters. The molecule has 12 nitrogen and oxygen atoms in total. The van der Waals surface area contributed by atoms with Gasteiger partial charge in [0, 0.05) is 25.5 Å². The number of hydrogen-bond acceptors (Lipinski definition) is 10. The van der Waals surface area contributed by atoms with Crippen molar-refractivity contribution in [2.75, 3.05) is 33.0 Å². The summed E-state index contributed by atoms with van der Waals surface area (Å²) in [6.07, 6.45) is -4.74. The summed E-state index contributed by atoms with van der Waals surface area (Å²) in [5.41, 5.74) is 0.860. The first-order chi connectivity index (χ1) is 15.6. The summed E-state index contributed by atoms with van der Waals surface area (Å²) in [5.74, 6) is -1.12. The van der Waals surface area contributed by atoms with E-state index in [1.807, 2.05) is 0 Å². The molecular formula is C21H32N2O10. The van der Waals surface area contributed by atoms with Crippen molar-refractivity contribution < 1.29 is 48.7 Å². The van der Waals surface area contributed by atoms with Crippen molar-refractivity contribution in [2.24, 2.45) is 0 Å². The second kappa shape index (κ2) is 12.9. The summed E-state index contributed by atoms with van der Waals surface area (Å²) >= 11 is 0. The van der Waals surface area contributed by atoms with Gasteiger partial charge in [0.2, 0.25) is 11.8 Å². The highest BCUT2D eigenvalue weighted by atomic mass is 16.7. The molecule has 1 fully saturated rings. The van der Waals surface area contributed by atoms with E-state index in [0.717, 1.165) is 0 Å². The molecule has 1 saturated heterocycles. The molecular weight excluding hydrogens is 440 g/mol. The van der Waals surface area contributed by atoms with Crippen LogP contribution in [-0.4, -0.2) is 102 Å². The maximum atomic E-state index is 11.9. The minimum atomic E-state index is -1.39. The number of carbonyl (C=O) groups is 4. The van der Waals surface area contributed by atoms with Gasteiger partial charge in [0.05, 0.1) is 32.8 Å². The van der Waals surface area contributed by atoms with Gasteiger partial charge in [-0.15, -0.1) is 0 Å². The molecule has 0 aromatic rings. The van der Waals surface area contributed by atoms with Crippen molar-refractivity contribution in [3.63, 3.8) is 0 Å². The third-order valence-corrected chi connectivity index (χ3v) is 5.46. The van der Waals surface area contributed by atoms with E-state index in [2.05, 4.69) is 10.6 Å². The predicted molar refractivity (Wildman–Crippen MR) is 112 cm³/mol. The topological polar surface area (TPSA) is 181 Å². The van der Waals surface area contributed by atoms with Crippen molar-refractivity contribution >= 4 is 23.4 Å². The molecule has 1 heterocycles. The van der Waals surface area contributed by atoms with Crippen LogP contribution < -0.4 is 10.6 Å². The Morgan fingerprint density at radius 2 is 1.85 bits per heavy atom. The van der Waals surface area contributed by atoms with Crippen molar-refractivity contribution in [3.8, 4) is 0 Å². The number of allylic oxidation sites excluding steroid dienone is 2. The maximum Gasteiger partial charge on any atom is 0.220 e. The monoisotopic (exact) mass is 472 g/mol. The molecule has 1 unspecified atom stereocenters. The highest BCUT2D eigenvalue weighted by Gasteiger charge is 2.45. The normalized spacial score (nSPS) is 27.7. The van der Waals surface area contributed by atoms with Crippen LogP contribution in [0, 0.1) is 0 Å². The molecule has 2 rings (SSSR count). The summed E-state index contributed by atoms with van der Waals surface area (Å²) in [7, 11) is 0. The van der Waals surface area contributed by atoms with Crippen LogP contribution in [0.2, 0.25) is 0 Å². The summed E-state index contributed by atoms with van der Waals surface area (Å²) in [6, 6.07) is -1.03. The lowest BCUT2D eigenvalue weighted by Gasteiger charge is -2.42. The zero-order valence-corrected chi connectivity index (χ0v) is 18.7. The number of Topliss-reactive ketones (excluding diaryl/α,β-unsaturated/α-hetero) is 2. The Balaban J connectivity index is 1.64. The first-order valence-corrected chi connectivity index (χ1v) is 10.8. The van der Waals surface area contributed by atoms with Gasteiger partial charge in [-0.25, -0.2) is 0 Å². The number of carbonyl (C=O) groups excluding carboxylic acids is 4. The number of hydrogen-bond donors (Lipinski definition) is 5. The first kappa shape index (κ1) is 27.0. The largest absolute Gasteiger partial charge is 0.394 e. The Labute approximate surface area is 191 Å². The summed E-state index contributed by atoms with van der Waals surface area (Å²) in [6.45, 7) is 2.87. The zero-order chi connectivity index (χ0) is 24.5. The maximum absolute atomic E-state index is 11.9. The molecule has 0 aromatic carbocycles. The third kappa shape index (κ3) is 7.66. The van der Waals surface area contributed by atoms with Gasteiger partial charge >= 0.3 is 0 Å². The number of ether oxygens (including phenoxy) is 3. The van der Waals surface area contributed by atoms with Crippen LogP contribution >= 0.6 is 0 Å². The lowest BCUT2D eigenvalue weighted by molar-refractivity contribution is -0.272. The van der Waals surface area contributed by atoms with Gasteiger partial charge in [-0.2, -0.15) is 0 Å². The third-order valence-electron chi connectivity index (χ3n) is 5.46. The number of amides is 2. The highest BCUT2D eigenvalue weighted by molar-refractivity contribution is 6.22. The van der Waals surface area contributed by atoms with Gasteiger partial charge in [0.15, 0.2) is 17.9 Å². The number of nitrogens with one attached hydrogen (secondary N) is 2. The fourth-order valence-corrected chi connectivity index (χ4v) is 3.62. The van der Waals surface area contributed by atoms with Gasteiger partial charge in [-0.1, -0.05) is 0 Å². The highest BCUT2D eigenvalue weighted by Crippen LogP contribution is 2.23. The van der Waals surface area contributed by atoms with Crippen LogP contribution in [0.25, 0.3) is 0 Å². The first-order valence-electron chi connectivity index (χ1n) is 10.8. The minimum Gasteiger partial charge on any atom is -0.394 e. The van der Waals surface area contributed by atoms with Gasteiger partial charge in [-0.05, 0) is 18.9 Å². The summed E-state index contributed by atoms with van der Waals surface area (Å²) in [5, 5.41) is 34.5. The molecule has 0 saturated carbocycles. The Bertz CT molecular complexity index is 768. The van der Waals surface area contributed by atoms with E-state index in [9.17, 15) is 34.5 Å². The van der Waals surface area contributed by atoms with E-state index in [0.29, 0.717) is 11.1 Å². The molecule has 186 valence electrons. The Hall–Kier alpha value is -2.22. The van der Waals surface area contributed by atoms with Crippen LogP contribution in [0.15, 0.2) is 11.1 Å². The van der Waals surface area contributed by atoms with E-state index in [-0.39, 0.29) is 63.1 Å². The second-order valence-corrected chi connectivity index (χ2v) is 7.89. The molecule has 0 bridgehead atoms. The fourth-order valence-electron chi connectivity index (χ4n) is 3.62. The Morgan fingerprint density at radius 1 is 1.12 bits per heavy atom. The van der Waals surface area contributed by atoms with Crippen molar-refractivity contribution in [3.05, 3.63) is 11.1 Å². The van der Waals surface area contributed by atoms with Crippen LogP contribution in [-0.2, 0) is 33.4 Å². The standard InChI is InChI=1S/C21H32N2O10/c1-11-13(15(27)9-14(11)26)3-4-17(28)22-5-6-31-7-8-32-21-18(23-12(2)25)20(30)19(29)16(10-24)33-21/h16,18-21,24,29-30H,3-10H2,1-2H3,(H,22,28)(H,23,25)/t16-,18-,19+,20-,21?/m1/s1. The van der Waals surface area contributed by atoms with Gasteiger partial charge in [0.25, 0.3) is 0 Å². The van der Waals surface area contributed by atoms with Crippen molar-refractivity contribution in [2.45, 2.75) is 63.8 Å². The van der Waals surface area contributed by atoms with Gasteiger partial charge < -0.3 is 40.2 Å². The lowest BCUT2D eigenvalue weighted by atomic mass is 9.97. The van der Waals surface area contributed by atoms with Crippen molar-refractivity contribution in [1.29, 1.82) is 0 Å². The quantitative estimate of drug-likeness (QED) is 0.153.